The summed E-state index contributed by atoms with van der Waals surface area (Å²) < 4.78 is 10.4. The van der Waals surface area contributed by atoms with E-state index >= 15 is 0 Å². The number of amides is 2. The number of ether oxygens (including phenoxy) is 2. The van der Waals surface area contributed by atoms with E-state index in [1.807, 2.05) is 62.4 Å². The summed E-state index contributed by atoms with van der Waals surface area (Å²) >= 11 is 0. The minimum Gasteiger partial charge on any atom is -0.497 e. The van der Waals surface area contributed by atoms with Gasteiger partial charge in [-0.2, -0.15) is 0 Å². The molecular weight excluding hydrogens is 404 g/mol. The van der Waals surface area contributed by atoms with Crippen molar-refractivity contribution in [3.8, 4) is 23.8 Å². The Morgan fingerprint density at radius 1 is 0.844 bits per heavy atom. The Morgan fingerprint density at radius 2 is 1.31 bits per heavy atom. The Bertz CT molecular complexity index is 976. The largest absolute Gasteiger partial charge is 0.497 e. The normalized spacial score (nSPS) is 18.6. The van der Waals surface area contributed by atoms with E-state index in [2.05, 4.69) is 5.92 Å². The first kappa shape index (κ1) is 23.2. The van der Waals surface area contributed by atoms with Gasteiger partial charge in [-0.15, -0.1) is 12.3 Å². The highest BCUT2D eigenvalue weighted by molar-refractivity contribution is 5.97. The topological polar surface area (TPSA) is 59.1 Å². The van der Waals surface area contributed by atoms with Gasteiger partial charge >= 0.3 is 0 Å². The highest BCUT2D eigenvalue weighted by atomic mass is 16.5. The zero-order valence-corrected chi connectivity index (χ0v) is 19.1. The third kappa shape index (κ3) is 4.88. The molecule has 0 aromatic heterocycles. The van der Waals surface area contributed by atoms with Crippen molar-refractivity contribution in [1.29, 1.82) is 0 Å². The number of piperazine rings is 1. The predicted octanol–water partition coefficient (Wildman–Crippen LogP) is 3.49. The van der Waals surface area contributed by atoms with Gasteiger partial charge in [0.25, 0.3) is 0 Å². The predicted molar refractivity (Wildman–Crippen MR) is 123 cm³/mol. The molecule has 1 heterocycles. The van der Waals surface area contributed by atoms with Crippen LogP contribution in [0.15, 0.2) is 48.5 Å². The molecule has 32 heavy (non-hydrogen) atoms. The van der Waals surface area contributed by atoms with E-state index in [0.717, 1.165) is 22.6 Å². The number of carbonyl (C=O) groups excluding carboxylic acids is 2. The number of terminal acetylenes is 1. The Balaban J connectivity index is 1.91. The van der Waals surface area contributed by atoms with Gasteiger partial charge in [0.05, 0.1) is 14.2 Å². The van der Waals surface area contributed by atoms with E-state index in [4.69, 9.17) is 15.9 Å². The summed E-state index contributed by atoms with van der Waals surface area (Å²) in [7, 11) is 3.22. The lowest BCUT2D eigenvalue weighted by Crippen LogP contribution is -2.65. The minimum absolute atomic E-state index is 0.0464. The molecule has 0 spiro atoms. The van der Waals surface area contributed by atoms with Crippen LogP contribution in [0, 0.1) is 18.3 Å². The zero-order valence-electron chi connectivity index (χ0n) is 19.1. The molecule has 2 amide bonds. The molecule has 2 atom stereocenters. The van der Waals surface area contributed by atoms with Crippen molar-refractivity contribution in [2.45, 2.75) is 45.4 Å². The fraction of sp³-hybridized carbons (Fsp3) is 0.385. The van der Waals surface area contributed by atoms with Crippen LogP contribution in [-0.2, 0) is 22.7 Å². The quantitative estimate of drug-likeness (QED) is 0.597. The lowest BCUT2D eigenvalue weighted by molar-refractivity contribution is -0.165. The Labute approximate surface area is 190 Å². The van der Waals surface area contributed by atoms with Gasteiger partial charge in [-0.3, -0.25) is 9.59 Å². The molecule has 0 bridgehead atoms. The molecule has 0 aliphatic carbocycles. The molecule has 0 unspecified atom stereocenters. The standard InChI is InChI=1S/C26H30N2O4/c1-6-7-23-25(29)28(17-20-10-14-22(32-5)15-11-20)24(18(2)3)26(30)27(23)16-19-8-12-21(31-4)13-9-19/h1,8-15,18,23-24H,7,16-17H2,2-5H3/t23-,24+/m1/s1. The first-order valence-electron chi connectivity index (χ1n) is 10.7. The van der Waals surface area contributed by atoms with Gasteiger partial charge in [-0.1, -0.05) is 38.1 Å². The molecule has 168 valence electrons. The second kappa shape index (κ2) is 10.2. The van der Waals surface area contributed by atoms with Gasteiger partial charge in [0.15, 0.2) is 0 Å². The van der Waals surface area contributed by atoms with E-state index < -0.39 is 12.1 Å². The smallest absolute Gasteiger partial charge is 0.247 e. The van der Waals surface area contributed by atoms with Crippen LogP contribution in [0.4, 0.5) is 0 Å². The van der Waals surface area contributed by atoms with Crippen LogP contribution >= 0.6 is 0 Å². The average molecular weight is 435 g/mol. The number of hydrogen-bond acceptors (Lipinski definition) is 4. The molecule has 1 saturated heterocycles. The van der Waals surface area contributed by atoms with Crippen molar-refractivity contribution < 1.29 is 19.1 Å². The Hall–Kier alpha value is -3.46. The lowest BCUT2D eigenvalue weighted by Gasteiger charge is -2.46. The maximum absolute atomic E-state index is 13.6. The molecule has 6 heteroatoms. The molecule has 0 N–H and O–H groups in total. The number of rotatable bonds is 8. The summed E-state index contributed by atoms with van der Waals surface area (Å²) in [6.45, 7) is 4.59. The summed E-state index contributed by atoms with van der Waals surface area (Å²) in [5, 5.41) is 0. The van der Waals surface area contributed by atoms with Gasteiger partial charge in [0, 0.05) is 19.5 Å². The molecular formula is C26H30N2O4. The van der Waals surface area contributed by atoms with E-state index in [-0.39, 0.29) is 24.2 Å². The van der Waals surface area contributed by atoms with Crippen molar-refractivity contribution in [1.82, 2.24) is 9.80 Å². The molecule has 6 nitrogen and oxygen atoms in total. The van der Waals surface area contributed by atoms with Crippen LogP contribution in [0.25, 0.3) is 0 Å². The van der Waals surface area contributed by atoms with E-state index in [9.17, 15) is 9.59 Å². The molecule has 1 aliphatic heterocycles. The molecule has 0 saturated carbocycles. The van der Waals surface area contributed by atoms with Gasteiger partial charge < -0.3 is 19.3 Å². The maximum Gasteiger partial charge on any atom is 0.247 e. The monoisotopic (exact) mass is 434 g/mol. The van der Waals surface area contributed by atoms with Gasteiger partial charge in [-0.05, 0) is 41.3 Å². The van der Waals surface area contributed by atoms with Gasteiger partial charge in [0.2, 0.25) is 11.8 Å². The summed E-state index contributed by atoms with van der Waals surface area (Å²) in [6.07, 6.45) is 5.77. The minimum atomic E-state index is -0.692. The molecule has 3 rings (SSSR count). The number of hydrogen-bond donors (Lipinski definition) is 0. The third-order valence-corrected chi connectivity index (χ3v) is 5.78. The van der Waals surface area contributed by atoms with Gasteiger partial charge in [0.1, 0.15) is 23.6 Å². The lowest BCUT2D eigenvalue weighted by atomic mass is 9.93. The van der Waals surface area contributed by atoms with Crippen molar-refractivity contribution in [3.05, 3.63) is 59.7 Å². The van der Waals surface area contributed by atoms with Crippen molar-refractivity contribution in [2.24, 2.45) is 5.92 Å². The van der Waals surface area contributed by atoms with Crippen LogP contribution in [0.2, 0.25) is 0 Å². The first-order valence-corrected chi connectivity index (χ1v) is 10.7. The van der Waals surface area contributed by atoms with Crippen LogP contribution < -0.4 is 9.47 Å². The SMILES string of the molecule is C#CC[C@@H]1C(=O)N(Cc2ccc(OC)cc2)[C@@H](C(C)C)C(=O)N1Cc1ccc(OC)cc1. The van der Waals surface area contributed by atoms with E-state index in [1.54, 1.807) is 24.0 Å². The van der Waals surface area contributed by atoms with Crippen LogP contribution in [0.5, 0.6) is 11.5 Å². The molecule has 2 aromatic carbocycles. The van der Waals surface area contributed by atoms with Crippen molar-refractivity contribution >= 4 is 11.8 Å². The number of benzene rings is 2. The second-order valence-electron chi connectivity index (χ2n) is 8.24. The first-order chi connectivity index (χ1) is 15.4. The molecule has 1 aliphatic rings. The maximum atomic E-state index is 13.6. The number of carbonyl (C=O) groups is 2. The van der Waals surface area contributed by atoms with Crippen LogP contribution in [0.1, 0.15) is 31.4 Å². The Kier molecular flexibility index (Phi) is 7.42. The van der Waals surface area contributed by atoms with Gasteiger partial charge in [-0.25, -0.2) is 0 Å². The number of methoxy groups -OCH3 is 2. The third-order valence-electron chi connectivity index (χ3n) is 5.78. The number of nitrogens with zero attached hydrogens (tertiary/aromatic N) is 2. The average Bonchev–Trinajstić information content (AvgIpc) is 2.80. The molecule has 1 fully saturated rings. The Morgan fingerprint density at radius 3 is 1.72 bits per heavy atom. The summed E-state index contributed by atoms with van der Waals surface area (Å²) in [6, 6.07) is 13.8. The zero-order chi connectivity index (χ0) is 23.3. The second-order valence-corrected chi connectivity index (χ2v) is 8.24. The van der Waals surface area contributed by atoms with E-state index in [0.29, 0.717) is 13.1 Å². The molecule has 2 aromatic rings. The van der Waals surface area contributed by atoms with Crippen molar-refractivity contribution in [2.75, 3.05) is 14.2 Å². The van der Waals surface area contributed by atoms with Crippen LogP contribution in [0.3, 0.4) is 0 Å². The fourth-order valence-electron chi connectivity index (χ4n) is 4.09. The fourth-order valence-corrected chi connectivity index (χ4v) is 4.09. The van der Waals surface area contributed by atoms with Crippen LogP contribution in [-0.4, -0.2) is 47.9 Å². The van der Waals surface area contributed by atoms with E-state index in [1.165, 1.54) is 0 Å². The molecule has 0 radical (unpaired) electrons. The van der Waals surface area contributed by atoms with Crippen molar-refractivity contribution in [3.63, 3.8) is 0 Å². The highest BCUT2D eigenvalue weighted by Gasteiger charge is 2.46. The summed E-state index contributed by atoms with van der Waals surface area (Å²) in [5.41, 5.74) is 1.85. The summed E-state index contributed by atoms with van der Waals surface area (Å²) in [4.78, 5) is 30.6. The summed E-state index contributed by atoms with van der Waals surface area (Å²) in [5.74, 6) is 3.82. The highest BCUT2D eigenvalue weighted by Crippen LogP contribution is 2.29.